The van der Waals surface area contributed by atoms with E-state index in [0.717, 1.165) is 0 Å². The van der Waals surface area contributed by atoms with Crippen LogP contribution in [0.2, 0.25) is 15.1 Å². The maximum absolute atomic E-state index is 11.9. The number of hydrogen-bond acceptors (Lipinski definition) is 4. The average Bonchev–Trinajstić information content (AvgIpc) is 2.57. The van der Waals surface area contributed by atoms with Gasteiger partial charge in [0, 0.05) is 10.6 Å². The fraction of sp³-hybridized carbons (Fsp3) is 0.0625. The predicted molar refractivity (Wildman–Crippen MR) is 98.8 cm³/mol. The number of hydrogen-bond donors (Lipinski definition) is 2. The highest BCUT2D eigenvalue weighted by atomic mass is 35.5. The minimum Gasteiger partial charge on any atom is -0.495 e. The van der Waals surface area contributed by atoms with Crippen LogP contribution in [-0.4, -0.2) is 25.1 Å². The molecule has 2 rings (SSSR count). The highest BCUT2D eigenvalue weighted by Crippen LogP contribution is 2.27. The van der Waals surface area contributed by atoms with Crippen molar-refractivity contribution in [3.63, 3.8) is 0 Å². The van der Waals surface area contributed by atoms with Crippen molar-refractivity contribution in [3.8, 4) is 5.75 Å². The van der Waals surface area contributed by atoms with Crippen LogP contribution in [0.1, 0.15) is 5.56 Å². The van der Waals surface area contributed by atoms with Crippen LogP contribution in [0.5, 0.6) is 5.75 Å². The molecule has 0 radical (unpaired) electrons. The maximum Gasteiger partial charge on any atom is 0.329 e. The molecule has 25 heavy (non-hydrogen) atoms. The number of carbonyl (C=O) groups excluding carboxylic acids is 2. The molecule has 0 atom stereocenters. The highest BCUT2D eigenvalue weighted by molar-refractivity contribution is 6.40. The van der Waals surface area contributed by atoms with Crippen molar-refractivity contribution in [2.45, 2.75) is 0 Å². The third kappa shape index (κ3) is 5.09. The van der Waals surface area contributed by atoms with E-state index in [0.29, 0.717) is 26.4 Å². The summed E-state index contributed by atoms with van der Waals surface area (Å²) in [7, 11) is 1.43. The SMILES string of the molecule is COc1ccc(Cl)cc1NC(=O)C(=O)N/N=C\c1c(Cl)cccc1Cl. The van der Waals surface area contributed by atoms with E-state index in [1.807, 2.05) is 0 Å². The summed E-state index contributed by atoms with van der Waals surface area (Å²) in [4.78, 5) is 23.7. The Balaban J connectivity index is 2.03. The smallest absolute Gasteiger partial charge is 0.329 e. The van der Waals surface area contributed by atoms with Gasteiger partial charge in [-0.1, -0.05) is 40.9 Å². The molecule has 0 aliphatic heterocycles. The Labute approximate surface area is 158 Å². The second-order valence-electron chi connectivity index (χ2n) is 4.63. The fourth-order valence-corrected chi connectivity index (χ4v) is 2.46. The van der Waals surface area contributed by atoms with Crippen LogP contribution < -0.4 is 15.5 Å². The molecule has 0 bridgehead atoms. The molecule has 0 spiro atoms. The number of nitrogens with one attached hydrogen (secondary N) is 2. The molecule has 0 heterocycles. The van der Waals surface area contributed by atoms with Crippen molar-refractivity contribution in [2.24, 2.45) is 5.10 Å². The Bertz CT molecular complexity index is 820. The number of amides is 2. The Kier molecular flexibility index (Phi) is 6.64. The van der Waals surface area contributed by atoms with E-state index in [9.17, 15) is 9.59 Å². The van der Waals surface area contributed by atoms with E-state index < -0.39 is 11.8 Å². The second-order valence-corrected chi connectivity index (χ2v) is 5.88. The monoisotopic (exact) mass is 399 g/mol. The van der Waals surface area contributed by atoms with Gasteiger partial charge in [-0.25, -0.2) is 5.43 Å². The molecular formula is C16H12Cl3N3O3. The van der Waals surface area contributed by atoms with Crippen molar-refractivity contribution < 1.29 is 14.3 Å². The third-order valence-corrected chi connectivity index (χ3v) is 3.87. The molecule has 2 aromatic rings. The number of carbonyl (C=O) groups is 2. The molecule has 0 aromatic heterocycles. The van der Waals surface area contributed by atoms with Crippen molar-refractivity contribution in [1.29, 1.82) is 0 Å². The summed E-state index contributed by atoms with van der Waals surface area (Å²) in [5.41, 5.74) is 2.76. The summed E-state index contributed by atoms with van der Waals surface area (Å²) in [5, 5.41) is 7.16. The fourth-order valence-electron chi connectivity index (χ4n) is 1.80. The summed E-state index contributed by atoms with van der Waals surface area (Å²) in [6.07, 6.45) is 1.25. The molecule has 0 aliphatic carbocycles. The molecular weight excluding hydrogens is 389 g/mol. The lowest BCUT2D eigenvalue weighted by Crippen LogP contribution is -2.32. The number of nitrogens with zero attached hydrogens (tertiary/aromatic N) is 1. The number of rotatable bonds is 4. The van der Waals surface area contributed by atoms with Gasteiger partial charge in [-0.15, -0.1) is 0 Å². The molecule has 2 N–H and O–H groups in total. The normalized spacial score (nSPS) is 10.6. The Morgan fingerprint density at radius 1 is 1.08 bits per heavy atom. The van der Waals surface area contributed by atoms with Gasteiger partial charge < -0.3 is 10.1 Å². The molecule has 2 aromatic carbocycles. The molecule has 0 saturated carbocycles. The van der Waals surface area contributed by atoms with Crippen LogP contribution in [-0.2, 0) is 9.59 Å². The molecule has 0 unspecified atom stereocenters. The van der Waals surface area contributed by atoms with E-state index in [4.69, 9.17) is 39.5 Å². The zero-order valence-corrected chi connectivity index (χ0v) is 15.1. The minimum absolute atomic E-state index is 0.258. The summed E-state index contributed by atoms with van der Waals surface area (Å²) >= 11 is 17.8. The molecule has 6 nitrogen and oxygen atoms in total. The molecule has 130 valence electrons. The lowest BCUT2D eigenvalue weighted by Gasteiger charge is -2.09. The van der Waals surface area contributed by atoms with E-state index >= 15 is 0 Å². The molecule has 0 aliphatic rings. The van der Waals surface area contributed by atoms with Crippen LogP contribution in [0.15, 0.2) is 41.5 Å². The molecule has 0 fully saturated rings. The summed E-state index contributed by atoms with van der Waals surface area (Å²) in [5.74, 6) is -1.57. The number of hydrazone groups is 1. The zero-order valence-electron chi connectivity index (χ0n) is 12.8. The minimum atomic E-state index is -0.985. The average molecular weight is 401 g/mol. The maximum atomic E-state index is 11.9. The third-order valence-electron chi connectivity index (χ3n) is 2.98. The first-order valence-corrected chi connectivity index (χ1v) is 7.97. The zero-order chi connectivity index (χ0) is 18.4. The second kappa shape index (κ2) is 8.71. The van der Waals surface area contributed by atoms with Gasteiger partial charge in [-0.05, 0) is 30.3 Å². The van der Waals surface area contributed by atoms with Gasteiger partial charge in [0.25, 0.3) is 0 Å². The first-order valence-electron chi connectivity index (χ1n) is 6.84. The number of halogens is 3. The van der Waals surface area contributed by atoms with Crippen LogP contribution in [0, 0.1) is 0 Å². The highest BCUT2D eigenvalue weighted by Gasteiger charge is 2.15. The largest absolute Gasteiger partial charge is 0.495 e. The lowest BCUT2D eigenvalue weighted by molar-refractivity contribution is -0.136. The molecule has 9 heteroatoms. The van der Waals surface area contributed by atoms with Crippen molar-refractivity contribution in [1.82, 2.24) is 5.43 Å². The summed E-state index contributed by atoms with van der Waals surface area (Å²) in [6, 6.07) is 9.52. The first kappa shape index (κ1) is 19.1. The summed E-state index contributed by atoms with van der Waals surface area (Å²) in [6.45, 7) is 0. The van der Waals surface area contributed by atoms with Gasteiger partial charge in [0.1, 0.15) is 5.75 Å². The molecule has 0 saturated heterocycles. The van der Waals surface area contributed by atoms with Crippen molar-refractivity contribution in [2.75, 3.05) is 12.4 Å². The van der Waals surface area contributed by atoms with E-state index in [1.54, 1.807) is 30.3 Å². The topological polar surface area (TPSA) is 79.8 Å². The first-order chi connectivity index (χ1) is 11.9. The number of anilines is 1. The van der Waals surface area contributed by atoms with Crippen LogP contribution in [0.3, 0.4) is 0 Å². The van der Waals surface area contributed by atoms with E-state index in [-0.39, 0.29) is 5.69 Å². The quantitative estimate of drug-likeness (QED) is 0.466. The summed E-state index contributed by atoms with van der Waals surface area (Å²) < 4.78 is 5.08. The van der Waals surface area contributed by atoms with E-state index in [2.05, 4.69) is 15.8 Å². The van der Waals surface area contributed by atoms with Crippen molar-refractivity contribution in [3.05, 3.63) is 57.0 Å². The number of methoxy groups -OCH3 is 1. The predicted octanol–water partition coefficient (Wildman–Crippen LogP) is 3.74. The van der Waals surface area contributed by atoms with Gasteiger partial charge in [-0.2, -0.15) is 5.10 Å². The Morgan fingerprint density at radius 2 is 1.76 bits per heavy atom. The van der Waals surface area contributed by atoms with E-state index in [1.165, 1.54) is 19.4 Å². The van der Waals surface area contributed by atoms with Gasteiger partial charge in [-0.3, -0.25) is 9.59 Å². The van der Waals surface area contributed by atoms with Crippen LogP contribution in [0.4, 0.5) is 5.69 Å². The van der Waals surface area contributed by atoms with Gasteiger partial charge in [0.05, 0.1) is 29.1 Å². The number of ether oxygens (including phenoxy) is 1. The van der Waals surface area contributed by atoms with Crippen LogP contribution >= 0.6 is 34.8 Å². The van der Waals surface area contributed by atoms with Crippen molar-refractivity contribution >= 4 is 58.5 Å². The standard InChI is InChI=1S/C16H12Cl3N3O3/c1-25-14-6-5-9(17)7-13(14)21-15(23)16(24)22-20-8-10-11(18)3-2-4-12(10)19/h2-8H,1H3,(H,21,23)(H,22,24)/b20-8-. The van der Waals surface area contributed by atoms with Gasteiger partial charge >= 0.3 is 11.8 Å². The number of benzene rings is 2. The van der Waals surface area contributed by atoms with Gasteiger partial charge in [0.2, 0.25) is 0 Å². The van der Waals surface area contributed by atoms with Crippen LogP contribution in [0.25, 0.3) is 0 Å². The Morgan fingerprint density at radius 3 is 2.40 bits per heavy atom. The lowest BCUT2D eigenvalue weighted by atomic mass is 10.2. The van der Waals surface area contributed by atoms with Gasteiger partial charge in [0.15, 0.2) is 0 Å². The molecule has 2 amide bonds. The Hall–Kier alpha value is -2.28.